The maximum atomic E-state index is 13.2. The lowest BCUT2D eigenvalue weighted by molar-refractivity contribution is 0.0553. The molecule has 0 unspecified atom stereocenters. The summed E-state index contributed by atoms with van der Waals surface area (Å²) < 4.78 is 13.1. The second-order valence-electron chi connectivity index (χ2n) is 8.07. The number of aromatic nitrogens is 2. The van der Waals surface area contributed by atoms with Crippen molar-refractivity contribution in [2.24, 2.45) is 0 Å². The highest BCUT2D eigenvalue weighted by Crippen LogP contribution is 2.37. The fraction of sp³-hybridized carbons (Fsp3) is 0.304. The first-order valence-corrected chi connectivity index (χ1v) is 10.2. The van der Waals surface area contributed by atoms with E-state index in [2.05, 4.69) is 26.6 Å². The first kappa shape index (κ1) is 17.5. The zero-order valence-electron chi connectivity index (χ0n) is 16.5. The Balaban J connectivity index is 1.27. The van der Waals surface area contributed by atoms with E-state index in [9.17, 15) is 4.79 Å². The zero-order valence-corrected chi connectivity index (χ0v) is 16.5. The molecule has 6 rings (SSSR count). The van der Waals surface area contributed by atoms with Crippen molar-refractivity contribution in [1.29, 1.82) is 0 Å². The minimum absolute atomic E-state index is 0.0804. The Hall–Kier alpha value is -3.32. The lowest BCUT2D eigenvalue weighted by atomic mass is 10.1. The van der Waals surface area contributed by atoms with Crippen LogP contribution < -0.4 is 9.47 Å². The standard InChI is InChI=1S/C23H22N4O3/c28-23-18-5-3-9-26(18)19-13-25(11-16-6-7-21-22(10-16)30-15-29-21)14-20(19)27(23)12-17-4-1-2-8-24-17/h1-10,19-20H,11-15H2/t19-,20+/m0/s1. The SMILES string of the molecule is O=C1c2cccn2[C@H]2CN(Cc3ccc4c(c3)OCO4)C[C@H]2N1Cc1ccccn1. The summed E-state index contributed by atoms with van der Waals surface area (Å²) >= 11 is 0. The molecule has 0 aliphatic carbocycles. The van der Waals surface area contributed by atoms with Crippen LogP contribution >= 0.6 is 0 Å². The summed E-state index contributed by atoms with van der Waals surface area (Å²) in [6.45, 7) is 3.35. The second kappa shape index (κ2) is 6.88. The predicted molar refractivity (Wildman–Crippen MR) is 109 cm³/mol. The molecule has 0 bridgehead atoms. The molecular formula is C23H22N4O3. The fourth-order valence-corrected chi connectivity index (χ4v) is 4.87. The molecule has 3 aliphatic heterocycles. The van der Waals surface area contributed by atoms with Gasteiger partial charge in [0.1, 0.15) is 5.69 Å². The number of hydrogen-bond acceptors (Lipinski definition) is 5. The van der Waals surface area contributed by atoms with E-state index in [-0.39, 0.29) is 24.8 Å². The van der Waals surface area contributed by atoms with Crippen molar-refractivity contribution < 1.29 is 14.3 Å². The molecule has 3 aromatic rings. The van der Waals surface area contributed by atoms with Crippen molar-refractivity contribution in [3.8, 4) is 11.5 Å². The van der Waals surface area contributed by atoms with Crippen molar-refractivity contribution in [2.75, 3.05) is 19.9 Å². The molecule has 1 aromatic carbocycles. The van der Waals surface area contributed by atoms with Crippen LogP contribution in [0.15, 0.2) is 60.9 Å². The summed E-state index contributed by atoms with van der Waals surface area (Å²) in [7, 11) is 0. The molecule has 0 radical (unpaired) electrons. The van der Waals surface area contributed by atoms with E-state index >= 15 is 0 Å². The Bertz CT molecular complexity index is 1100. The van der Waals surface area contributed by atoms with Gasteiger partial charge < -0.3 is 18.9 Å². The second-order valence-corrected chi connectivity index (χ2v) is 8.07. The predicted octanol–water partition coefficient (Wildman–Crippen LogP) is 2.69. The van der Waals surface area contributed by atoms with Crippen LogP contribution in [0.4, 0.5) is 0 Å². The van der Waals surface area contributed by atoms with Crippen LogP contribution in [0.5, 0.6) is 11.5 Å². The lowest BCUT2D eigenvalue weighted by Crippen LogP contribution is -2.49. The number of fused-ring (bicyclic) bond motifs is 4. The first-order valence-electron chi connectivity index (χ1n) is 10.2. The monoisotopic (exact) mass is 402 g/mol. The summed E-state index contributed by atoms with van der Waals surface area (Å²) in [6.07, 6.45) is 3.82. The number of carbonyl (C=O) groups excluding carboxylic acids is 1. The number of benzene rings is 1. The molecule has 0 N–H and O–H groups in total. The van der Waals surface area contributed by atoms with Crippen LogP contribution in [0.25, 0.3) is 0 Å². The van der Waals surface area contributed by atoms with Crippen molar-refractivity contribution >= 4 is 5.91 Å². The molecule has 1 amide bonds. The van der Waals surface area contributed by atoms with Gasteiger partial charge >= 0.3 is 0 Å². The minimum atomic E-state index is 0.0804. The van der Waals surface area contributed by atoms with E-state index in [0.717, 1.165) is 42.5 Å². The maximum absolute atomic E-state index is 13.2. The van der Waals surface area contributed by atoms with Crippen molar-refractivity contribution in [3.05, 3.63) is 77.9 Å². The van der Waals surface area contributed by atoms with Gasteiger partial charge in [-0.15, -0.1) is 0 Å². The van der Waals surface area contributed by atoms with Crippen LogP contribution in [0, 0.1) is 0 Å². The van der Waals surface area contributed by atoms with E-state index < -0.39 is 0 Å². The number of nitrogens with zero attached hydrogens (tertiary/aromatic N) is 4. The summed E-state index contributed by atoms with van der Waals surface area (Å²) in [6, 6.07) is 16.2. The molecule has 0 saturated carbocycles. The average molecular weight is 402 g/mol. The smallest absolute Gasteiger partial charge is 0.271 e. The molecule has 5 heterocycles. The Labute approximate surface area is 174 Å². The molecule has 1 fully saturated rings. The Kier molecular flexibility index (Phi) is 4.02. The Morgan fingerprint density at radius 1 is 0.967 bits per heavy atom. The third-order valence-corrected chi connectivity index (χ3v) is 6.25. The summed E-state index contributed by atoms with van der Waals surface area (Å²) in [5.74, 6) is 1.69. The van der Waals surface area contributed by atoms with E-state index in [1.165, 1.54) is 5.56 Å². The number of hydrogen-bond donors (Lipinski definition) is 0. The highest BCUT2D eigenvalue weighted by atomic mass is 16.7. The third kappa shape index (κ3) is 2.85. The van der Waals surface area contributed by atoms with Crippen LogP contribution in [-0.2, 0) is 13.1 Å². The third-order valence-electron chi connectivity index (χ3n) is 6.25. The van der Waals surface area contributed by atoms with Gasteiger partial charge in [-0.25, -0.2) is 0 Å². The molecule has 7 heteroatoms. The summed E-state index contributed by atoms with van der Waals surface area (Å²) in [5.41, 5.74) is 2.86. The van der Waals surface area contributed by atoms with Gasteiger partial charge in [0.25, 0.3) is 5.91 Å². The summed E-state index contributed by atoms with van der Waals surface area (Å²) in [4.78, 5) is 22.1. The van der Waals surface area contributed by atoms with Crippen molar-refractivity contribution in [1.82, 2.24) is 19.4 Å². The molecular weight excluding hydrogens is 380 g/mol. The molecule has 2 aromatic heterocycles. The largest absolute Gasteiger partial charge is 0.454 e. The van der Waals surface area contributed by atoms with Crippen LogP contribution in [-0.4, -0.2) is 51.2 Å². The highest BCUT2D eigenvalue weighted by Gasteiger charge is 2.44. The van der Waals surface area contributed by atoms with E-state index in [1.807, 2.05) is 47.5 Å². The number of likely N-dealkylation sites (tertiary alicyclic amines) is 1. The zero-order chi connectivity index (χ0) is 20.1. The van der Waals surface area contributed by atoms with Crippen LogP contribution in [0.3, 0.4) is 0 Å². The quantitative estimate of drug-likeness (QED) is 0.672. The summed E-state index contributed by atoms with van der Waals surface area (Å²) in [5, 5.41) is 0. The Morgan fingerprint density at radius 3 is 2.77 bits per heavy atom. The van der Waals surface area contributed by atoms with E-state index in [0.29, 0.717) is 6.54 Å². The van der Waals surface area contributed by atoms with Crippen molar-refractivity contribution in [2.45, 2.75) is 25.2 Å². The number of amides is 1. The highest BCUT2D eigenvalue weighted by molar-refractivity contribution is 5.94. The van der Waals surface area contributed by atoms with Gasteiger partial charge in [-0.3, -0.25) is 14.7 Å². The number of pyridine rings is 1. The van der Waals surface area contributed by atoms with Crippen LogP contribution in [0.2, 0.25) is 0 Å². The number of ether oxygens (including phenoxy) is 2. The molecule has 3 aliphatic rings. The number of carbonyl (C=O) groups is 1. The Morgan fingerprint density at radius 2 is 1.87 bits per heavy atom. The van der Waals surface area contributed by atoms with Gasteiger partial charge in [-0.05, 0) is 42.0 Å². The molecule has 2 atom stereocenters. The molecule has 0 spiro atoms. The maximum Gasteiger partial charge on any atom is 0.271 e. The molecule has 1 saturated heterocycles. The number of rotatable bonds is 4. The first-order chi connectivity index (χ1) is 14.8. The van der Waals surface area contributed by atoms with Crippen molar-refractivity contribution in [3.63, 3.8) is 0 Å². The van der Waals surface area contributed by atoms with Crippen LogP contribution in [0.1, 0.15) is 27.8 Å². The average Bonchev–Trinajstić information content (AvgIpc) is 3.50. The van der Waals surface area contributed by atoms with Gasteiger partial charge in [0.05, 0.1) is 24.3 Å². The lowest BCUT2D eigenvalue weighted by Gasteiger charge is -2.38. The molecule has 7 nitrogen and oxygen atoms in total. The van der Waals surface area contributed by atoms with Gasteiger partial charge in [0.2, 0.25) is 6.79 Å². The van der Waals surface area contributed by atoms with E-state index in [1.54, 1.807) is 6.20 Å². The van der Waals surface area contributed by atoms with Gasteiger partial charge in [0.15, 0.2) is 11.5 Å². The normalized spacial score (nSPS) is 22.3. The van der Waals surface area contributed by atoms with Gasteiger partial charge in [0, 0.05) is 32.0 Å². The molecule has 30 heavy (non-hydrogen) atoms. The van der Waals surface area contributed by atoms with Gasteiger partial charge in [-0.1, -0.05) is 12.1 Å². The minimum Gasteiger partial charge on any atom is -0.454 e. The topological polar surface area (TPSA) is 59.8 Å². The fourth-order valence-electron chi connectivity index (χ4n) is 4.87. The van der Waals surface area contributed by atoms with E-state index in [4.69, 9.17) is 9.47 Å². The molecule has 152 valence electrons. The van der Waals surface area contributed by atoms with Gasteiger partial charge in [-0.2, -0.15) is 0 Å².